The molecule has 4 nitrogen and oxygen atoms in total. The summed E-state index contributed by atoms with van der Waals surface area (Å²) >= 11 is 5.16. The molecule has 0 atom stereocenters. The summed E-state index contributed by atoms with van der Waals surface area (Å²) in [6.07, 6.45) is 0. The Bertz CT molecular complexity index is 188. The lowest BCUT2D eigenvalue weighted by Gasteiger charge is -2.18. The van der Waals surface area contributed by atoms with Crippen LogP contribution in [0.25, 0.3) is 0 Å². The normalized spacial score (nSPS) is 10.7. The molecule has 0 bridgehead atoms. The van der Waals surface area contributed by atoms with Gasteiger partial charge >= 0.3 is 11.9 Å². The molecule has 0 aliphatic carbocycles. The molecule has 12 heavy (non-hydrogen) atoms. The van der Waals surface area contributed by atoms with Crippen molar-refractivity contribution in [2.45, 2.75) is 13.8 Å². The average molecular weight is 195 g/mol. The van der Waals surface area contributed by atoms with E-state index in [9.17, 15) is 9.59 Å². The van der Waals surface area contributed by atoms with Crippen LogP contribution in [0.3, 0.4) is 0 Å². The maximum Gasteiger partial charge on any atom is 0.324 e. The largest absolute Gasteiger partial charge is 0.468 e. The maximum atomic E-state index is 11.1. The smallest absolute Gasteiger partial charge is 0.324 e. The van der Waals surface area contributed by atoms with Crippen LogP contribution in [0.4, 0.5) is 0 Å². The van der Waals surface area contributed by atoms with Gasteiger partial charge in [-0.05, 0) is 13.8 Å². The number of methoxy groups -OCH3 is 1. The number of hydrogen-bond acceptors (Lipinski definition) is 4. The lowest BCUT2D eigenvalue weighted by Crippen LogP contribution is -2.35. The van der Waals surface area contributed by atoms with Crippen molar-refractivity contribution >= 4 is 23.5 Å². The Morgan fingerprint density at radius 3 is 2.17 bits per heavy atom. The second kappa shape index (κ2) is 4.30. The van der Waals surface area contributed by atoms with Gasteiger partial charge in [-0.2, -0.15) is 0 Å². The molecule has 0 aliphatic rings. The minimum absolute atomic E-state index is 0.265. The summed E-state index contributed by atoms with van der Waals surface area (Å²) in [4.78, 5) is 22.0. The van der Waals surface area contributed by atoms with Gasteiger partial charge in [0.25, 0.3) is 0 Å². The molecule has 0 amide bonds. The van der Waals surface area contributed by atoms with Crippen LogP contribution < -0.4 is 0 Å². The zero-order chi connectivity index (χ0) is 9.78. The van der Waals surface area contributed by atoms with Crippen molar-refractivity contribution in [3.8, 4) is 0 Å². The van der Waals surface area contributed by atoms with Crippen molar-refractivity contribution in [1.82, 2.24) is 0 Å². The van der Waals surface area contributed by atoms with Gasteiger partial charge in [-0.3, -0.25) is 9.59 Å². The summed E-state index contributed by atoms with van der Waals surface area (Å²) in [5.74, 6) is -1.33. The number of ether oxygens (including phenoxy) is 2. The fourth-order valence-corrected chi connectivity index (χ4v) is 0.668. The first-order valence-electron chi connectivity index (χ1n) is 3.28. The third-order valence-electron chi connectivity index (χ3n) is 1.39. The van der Waals surface area contributed by atoms with E-state index < -0.39 is 17.4 Å². The molecule has 0 saturated carbocycles. The predicted molar refractivity (Wildman–Crippen MR) is 42.6 cm³/mol. The second-order valence-electron chi connectivity index (χ2n) is 2.66. The standard InChI is InChI=1S/C7H11ClO4/c1-7(2,5(9)11-3)6(10)12-4-8/h4H2,1-3H3. The first-order valence-corrected chi connectivity index (χ1v) is 3.82. The van der Waals surface area contributed by atoms with Crippen molar-refractivity contribution in [2.24, 2.45) is 5.41 Å². The number of carbonyl (C=O) groups is 2. The van der Waals surface area contributed by atoms with Crippen LogP contribution in [0.15, 0.2) is 0 Å². The van der Waals surface area contributed by atoms with Gasteiger partial charge in [0.15, 0.2) is 11.5 Å². The van der Waals surface area contributed by atoms with E-state index in [0.717, 1.165) is 0 Å². The molecule has 5 heteroatoms. The van der Waals surface area contributed by atoms with Crippen molar-refractivity contribution in [3.05, 3.63) is 0 Å². The first kappa shape index (κ1) is 11.2. The molecule has 0 rings (SSSR count). The van der Waals surface area contributed by atoms with Gasteiger partial charge in [0.2, 0.25) is 0 Å². The summed E-state index contributed by atoms with van der Waals surface area (Å²) in [5, 5.41) is 0. The molecular formula is C7H11ClO4. The zero-order valence-electron chi connectivity index (χ0n) is 7.22. The fourth-order valence-electron chi connectivity index (χ4n) is 0.568. The topological polar surface area (TPSA) is 52.6 Å². The van der Waals surface area contributed by atoms with E-state index in [1.165, 1.54) is 21.0 Å². The monoisotopic (exact) mass is 194 g/mol. The fraction of sp³-hybridized carbons (Fsp3) is 0.714. The lowest BCUT2D eigenvalue weighted by atomic mass is 9.94. The Balaban J connectivity index is 4.38. The Labute approximate surface area is 75.8 Å². The molecule has 0 N–H and O–H groups in total. The number of hydrogen-bond donors (Lipinski definition) is 0. The van der Waals surface area contributed by atoms with E-state index >= 15 is 0 Å². The highest BCUT2D eigenvalue weighted by Gasteiger charge is 2.38. The van der Waals surface area contributed by atoms with Crippen molar-refractivity contribution in [2.75, 3.05) is 13.2 Å². The summed E-state index contributed by atoms with van der Waals surface area (Å²) in [6, 6.07) is -0.265. The van der Waals surface area contributed by atoms with Crippen molar-refractivity contribution in [3.63, 3.8) is 0 Å². The number of carbonyl (C=O) groups excluding carboxylic acids is 2. The molecule has 0 spiro atoms. The lowest BCUT2D eigenvalue weighted by molar-refractivity contribution is -0.166. The summed E-state index contributed by atoms with van der Waals surface area (Å²) < 4.78 is 8.85. The van der Waals surface area contributed by atoms with Crippen LogP contribution in [0.2, 0.25) is 0 Å². The molecule has 0 saturated heterocycles. The zero-order valence-corrected chi connectivity index (χ0v) is 7.97. The van der Waals surface area contributed by atoms with Crippen molar-refractivity contribution < 1.29 is 19.1 Å². The van der Waals surface area contributed by atoms with Crippen LogP contribution in [-0.2, 0) is 19.1 Å². The number of esters is 2. The average Bonchev–Trinajstić information content (AvgIpc) is 2.03. The van der Waals surface area contributed by atoms with Gasteiger partial charge in [0.1, 0.15) is 0 Å². The van der Waals surface area contributed by atoms with Crippen LogP contribution in [0.1, 0.15) is 13.8 Å². The minimum atomic E-state index is -1.29. The van der Waals surface area contributed by atoms with E-state index in [-0.39, 0.29) is 6.07 Å². The molecule has 0 aromatic carbocycles. The molecule has 0 aliphatic heterocycles. The molecule has 0 fully saturated rings. The van der Waals surface area contributed by atoms with Gasteiger partial charge < -0.3 is 9.47 Å². The van der Waals surface area contributed by atoms with Gasteiger partial charge in [-0.15, -0.1) is 0 Å². The summed E-state index contributed by atoms with van der Waals surface area (Å²) in [6.45, 7) is 2.82. The van der Waals surface area contributed by atoms with Crippen LogP contribution >= 0.6 is 11.6 Å². The van der Waals surface area contributed by atoms with E-state index in [4.69, 9.17) is 11.6 Å². The van der Waals surface area contributed by atoms with E-state index in [1.807, 2.05) is 0 Å². The molecule has 0 heterocycles. The molecular weight excluding hydrogens is 184 g/mol. The molecule has 0 radical (unpaired) electrons. The maximum absolute atomic E-state index is 11.1. The summed E-state index contributed by atoms with van der Waals surface area (Å²) in [5.41, 5.74) is -1.29. The molecule has 0 aromatic rings. The minimum Gasteiger partial charge on any atom is -0.468 e. The van der Waals surface area contributed by atoms with Gasteiger partial charge in [-0.1, -0.05) is 11.6 Å². The van der Waals surface area contributed by atoms with Crippen LogP contribution in [-0.4, -0.2) is 25.1 Å². The highest BCUT2D eigenvalue weighted by molar-refractivity contribution is 6.17. The second-order valence-corrected chi connectivity index (χ2v) is 2.88. The molecule has 0 unspecified atom stereocenters. The van der Waals surface area contributed by atoms with Crippen LogP contribution in [0.5, 0.6) is 0 Å². The number of alkyl halides is 1. The van der Waals surface area contributed by atoms with Crippen LogP contribution in [0, 0.1) is 5.41 Å². The van der Waals surface area contributed by atoms with Gasteiger partial charge in [-0.25, -0.2) is 0 Å². The van der Waals surface area contributed by atoms with E-state index in [0.29, 0.717) is 0 Å². The number of rotatable bonds is 3. The first-order chi connectivity index (χ1) is 5.46. The molecule has 70 valence electrons. The Morgan fingerprint density at radius 2 is 1.83 bits per heavy atom. The highest BCUT2D eigenvalue weighted by atomic mass is 35.5. The Hall–Kier alpha value is -0.770. The Morgan fingerprint density at radius 1 is 1.33 bits per heavy atom. The quantitative estimate of drug-likeness (QED) is 0.381. The highest BCUT2D eigenvalue weighted by Crippen LogP contribution is 2.19. The van der Waals surface area contributed by atoms with Gasteiger partial charge in [0.05, 0.1) is 7.11 Å². The number of halogens is 1. The van der Waals surface area contributed by atoms with E-state index in [1.54, 1.807) is 0 Å². The third-order valence-corrected chi connectivity index (χ3v) is 1.50. The van der Waals surface area contributed by atoms with E-state index in [2.05, 4.69) is 9.47 Å². The predicted octanol–water partition coefficient (Wildman–Crippen LogP) is 0.925. The molecule has 0 aromatic heterocycles. The third kappa shape index (κ3) is 2.37. The van der Waals surface area contributed by atoms with Gasteiger partial charge in [0, 0.05) is 0 Å². The van der Waals surface area contributed by atoms with Crippen molar-refractivity contribution in [1.29, 1.82) is 0 Å². The summed E-state index contributed by atoms with van der Waals surface area (Å²) in [7, 11) is 1.21. The Kier molecular flexibility index (Phi) is 4.03. The SMILES string of the molecule is COC(=O)C(C)(C)C(=O)OCCl.